The molecule has 54 valence electrons. The average molecular weight is 134 g/mol. The van der Waals surface area contributed by atoms with E-state index in [-0.39, 0.29) is 0 Å². The van der Waals surface area contributed by atoms with Crippen LogP contribution in [-0.2, 0) is 0 Å². The molecule has 0 heteroatoms. The third kappa shape index (κ3) is 1.03. The van der Waals surface area contributed by atoms with Gasteiger partial charge in [0, 0.05) is 0 Å². The molecule has 0 aromatic heterocycles. The SMILES string of the molecule is C1=CC2=CCCC2CCC1. The van der Waals surface area contributed by atoms with Crippen molar-refractivity contribution in [2.75, 3.05) is 0 Å². The molecule has 0 radical (unpaired) electrons. The van der Waals surface area contributed by atoms with Crippen molar-refractivity contribution in [1.29, 1.82) is 0 Å². The Hall–Kier alpha value is -0.520. The topological polar surface area (TPSA) is 0 Å². The maximum Gasteiger partial charge on any atom is -0.0162 e. The minimum Gasteiger partial charge on any atom is -0.0843 e. The van der Waals surface area contributed by atoms with Crippen molar-refractivity contribution in [3.8, 4) is 0 Å². The van der Waals surface area contributed by atoms with E-state index in [9.17, 15) is 0 Å². The maximum absolute atomic E-state index is 2.41. The van der Waals surface area contributed by atoms with Crippen LogP contribution in [0.5, 0.6) is 0 Å². The summed E-state index contributed by atoms with van der Waals surface area (Å²) in [5, 5.41) is 0. The molecule has 0 N–H and O–H groups in total. The molecule has 10 heavy (non-hydrogen) atoms. The highest BCUT2D eigenvalue weighted by Crippen LogP contribution is 2.32. The summed E-state index contributed by atoms with van der Waals surface area (Å²) in [5.74, 6) is 0.929. The van der Waals surface area contributed by atoms with Gasteiger partial charge in [-0.05, 0) is 43.6 Å². The summed E-state index contributed by atoms with van der Waals surface area (Å²) in [6.07, 6.45) is 13.9. The predicted octanol–water partition coefficient (Wildman–Crippen LogP) is 3.06. The van der Waals surface area contributed by atoms with Gasteiger partial charge in [0.1, 0.15) is 0 Å². The van der Waals surface area contributed by atoms with E-state index in [2.05, 4.69) is 18.2 Å². The van der Waals surface area contributed by atoms with Gasteiger partial charge in [-0.2, -0.15) is 0 Å². The first-order valence-electron chi connectivity index (χ1n) is 4.33. The first-order chi connectivity index (χ1) is 4.97. The molecule has 0 aliphatic heterocycles. The third-order valence-corrected chi connectivity index (χ3v) is 2.60. The fourth-order valence-corrected chi connectivity index (χ4v) is 2.00. The molecule has 0 aromatic carbocycles. The number of allylic oxidation sites excluding steroid dienone is 4. The van der Waals surface area contributed by atoms with Gasteiger partial charge in [-0.3, -0.25) is 0 Å². The van der Waals surface area contributed by atoms with Crippen molar-refractivity contribution in [2.24, 2.45) is 5.92 Å². The van der Waals surface area contributed by atoms with Crippen molar-refractivity contribution in [2.45, 2.75) is 32.1 Å². The van der Waals surface area contributed by atoms with Crippen LogP contribution >= 0.6 is 0 Å². The van der Waals surface area contributed by atoms with E-state index in [1.807, 2.05) is 0 Å². The van der Waals surface area contributed by atoms with Crippen LogP contribution < -0.4 is 0 Å². The first kappa shape index (κ1) is 6.21. The van der Waals surface area contributed by atoms with Crippen LogP contribution in [-0.4, -0.2) is 0 Å². The van der Waals surface area contributed by atoms with Crippen LogP contribution in [0, 0.1) is 5.92 Å². The molecular formula is C10H14. The zero-order chi connectivity index (χ0) is 6.81. The summed E-state index contributed by atoms with van der Waals surface area (Å²) in [5.41, 5.74) is 1.62. The third-order valence-electron chi connectivity index (χ3n) is 2.60. The number of hydrogen-bond donors (Lipinski definition) is 0. The Labute approximate surface area is 62.6 Å². The Morgan fingerprint density at radius 3 is 3.20 bits per heavy atom. The summed E-state index contributed by atoms with van der Waals surface area (Å²) in [6, 6.07) is 0. The molecule has 0 nitrogen and oxygen atoms in total. The Morgan fingerprint density at radius 1 is 1.20 bits per heavy atom. The van der Waals surface area contributed by atoms with Crippen LogP contribution in [0.2, 0.25) is 0 Å². The van der Waals surface area contributed by atoms with E-state index in [1.165, 1.54) is 32.1 Å². The van der Waals surface area contributed by atoms with Crippen LogP contribution in [0.25, 0.3) is 0 Å². The molecule has 1 unspecified atom stereocenters. The minimum atomic E-state index is 0.929. The summed E-state index contributed by atoms with van der Waals surface area (Å²) < 4.78 is 0. The van der Waals surface area contributed by atoms with Gasteiger partial charge >= 0.3 is 0 Å². The lowest BCUT2D eigenvalue weighted by atomic mass is 9.98. The van der Waals surface area contributed by atoms with Crippen molar-refractivity contribution in [3.05, 3.63) is 23.8 Å². The Bertz CT molecular complexity index is 174. The average Bonchev–Trinajstić information content (AvgIpc) is 2.28. The molecule has 0 saturated carbocycles. The van der Waals surface area contributed by atoms with Gasteiger partial charge in [0.2, 0.25) is 0 Å². The quantitative estimate of drug-likeness (QED) is 0.477. The van der Waals surface area contributed by atoms with Gasteiger partial charge in [-0.25, -0.2) is 0 Å². The second-order valence-corrected chi connectivity index (χ2v) is 3.31. The normalized spacial score (nSPS) is 31.2. The lowest BCUT2D eigenvalue weighted by molar-refractivity contribution is 0.548. The van der Waals surface area contributed by atoms with E-state index in [4.69, 9.17) is 0 Å². The first-order valence-corrected chi connectivity index (χ1v) is 4.33. The van der Waals surface area contributed by atoms with Gasteiger partial charge in [-0.1, -0.05) is 18.2 Å². The molecule has 0 amide bonds. The highest BCUT2D eigenvalue weighted by atomic mass is 14.2. The number of hydrogen-bond acceptors (Lipinski definition) is 0. The summed E-state index contributed by atoms with van der Waals surface area (Å²) in [7, 11) is 0. The minimum absolute atomic E-state index is 0.929. The second kappa shape index (κ2) is 2.61. The molecule has 2 aliphatic rings. The lowest BCUT2D eigenvalue weighted by Gasteiger charge is -2.07. The Morgan fingerprint density at radius 2 is 2.20 bits per heavy atom. The monoisotopic (exact) mass is 134 g/mol. The predicted molar refractivity (Wildman–Crippen MR) is 43.8 cm³/mol. The largest absolute Gasteiger partial charge is 0.0843 e. The second-order valence-electron chi connectivity index (χ2n) is 3.31. The van der Waals surface area contributed by atoms with Crippen LogP contribution in [0.3, 0.4) is 0 Å². The van der Waals surface area contributed by atoms with Gasteiger partial charge in [0.15, 0.2) is 0 Å². The van der Waals surface area contributed by atoms with Crippen molar-refractivity contribution in [1.82, 2.24) is 0 Å². The lowest BCUT2D eigenvalue weighted by Crippen LogP contribution is -1.94. The maximum atomic E-state index is 2.41. The van der Waals surface area contributed by atoms with Gasteiger partial charge in [0.25, 0.3) is 0 Å². The summed E-state index contributed by atoms with van der Waals surface area (Å²) >= 11 is 0. The van der Waals surface area contributed by atoms with Crippen LogP contribution in [0.15, 0.2) is 23.8 Å². The van der Waals surface area contributed by atoms with Gasteiger partial charge in [-0.15, -0.1) is 0 Å². The Kier molecular flexibility index (Phi) is 1.62. The molecule has 0 saturated heterocycles. The molecule has 0 heterocycles. The van der Waals surface area contributed by atoms with Crippen molar-refractivity contribution in [3.63, 3.8) is 0 Å². The Balaban J connectivity index is 2.17. The standard InChI is InChI=1S/C10H14/c1-2-5-9-7-4-8-10(9)6-3-1/h2,5,7,10H,1,3-4,6,8H2. The molecule has 0 bridgehead atoms. The molecule has 0 spiro atoms. The number of rotatable bonds is 0. The van der Waals surface area contributed by atoms with E-state index >= 15 is 0 Å². The van der Waals surface area contributed by atoms with E-state index in [0.29, 0.717) is 0 Å². The van der Waals surface area contributed by atoms with Crippen LogP contribution in [0.1, 0.15) is 32.1 Å². The zero-order valence-corrected chi connectivity index (χ0v) is 6.34. The highest BCUT2D eigenvalue weighted by Gasteiger charge is 2.17. The fourth-order valence-electron chi connectivity index (χ4n) is 2.00. The van der Waals surface area contributed by atoms with E-state index < -0.39 is 0 Å². The summed E-state index contributed by atoms with van der Waals surface area (Å²) in [6.45, 7) is 0. The van der Waals surface area contributed by atoms with Crippen molar-refractivity contribution >= 4 is 0 Å². The molecular weight excluding hydrogens is 120 g/mol. The molecule has 0 fully saturated rings. The van der Waals surface area contributed by atoms with Gasteiger partial charge < -0.3 is 0 Å². The number of fused-ring (bicyclic) bond motifs is 1. The van der Waals surface area contributed by atoms with Gasteiger partial charge in [0.05, 0.1) is 0 Å². The van der Waals surface area contributed by atoms with Crippen molar-refractivity contribution < 1.29 is 0 Å². The molecule has 2 aliphatic carbocycles. The zero-order valence-electron chi connectivity index (χ0n) is 6.34. The van der Waals surface area contributed by atoms with Crippen LogP contribution in [0.4, 0.5) is 0 Å². The highest BCUT2D eigenvalue weighted by molar-refractivity contribution is 5.26. The smallest absolute Gasteiger partial charge is 0.0162 e. The molecule has 1 atom stereocenters. The molecule has 0 aromatic rings. The molecule has 2 rings (SSSR count). The van der Waals surface area contributed by atoms with E-state index in [0.717, 1.165) is 5.92 Å². The summed E-state index contributed by atoms with van der Waals surface area (Å²) in [4.78, 5) is 0. The van der Waals surface area contributed by atoms with E-state index in [1.54, 1.807) is 5.57 Å². The fraction of sp³-hybridized carbons (Fsp3) is 0.600.